The number of likely N-dealkylation sites (tertiary alicyclic amines) is 1. The van der Waals surface area contributed by atoms with E-state index in [-0.39, 0.29) is 30.0 Å². The van der Waals surface area contributed by atoms with Crippen molar-refractivity contribution in [2.75, 3.05) is 13.1 Å². The highest BCUT2D eigenvalue weighted by Gasteiger charge is 2.27. The highest BCUT2D eigenvalue weighted by Crippen LogP contribution is 2.25. The van der Waals surface area contributed by atoms with Gasteiger partial charge in [0.15, 0.2) is 0 Å². The molecule has 2 aromatic rings. The molecule has 0 bridgehead atoms. The van der Waals surface area contributed by atoms with E-state index in [1.165, 1.54) is 16.8 Å². The summed E-state index contributed by atoms with van der Waals surface area (Å²) in [4.78, 5) is 29.8. The fourth-order valence-corrected chi connectivity index (χ4v) is 3.68. The van der Waals surface area contributed by atoms with Crippen LogP contribution in [0.25, 0.3) is 16.1 Å². The molecule has 1 atom stereocenters. The summed E-state index contributed by atoms with van der Waals surface area (Å²) >= 11 is 0. The van der Waals surface area contributed by atoms with E-state index in [2.05, 4.69) is 9.94 Å². The van der Waals surface area contributed by atoms with Crippen LogP contribution in [0.1, 0.15) is 40.0 Å². The topological polar surface area (TPSA) is 68.8 Å². The van der Waals surface area contributed by atoms with Gasteiger partial charge in [-0.25, -0.2) is 9.24 Å². The van der Waals surface area contributed by atoms with Gasteiger partial charge in [-0.2, -0.15) is 5.10 Å². The van der Waals surface area contributed by atoms with E-state index in [1.807, 2.05) is 20.8 Å². The molecule has 0 unspecified atom stereocenters. The molecule has 31 heavy (non-hydrogen) atoms. The first-order valence-electron chi connectivity index (χ1n) is 10.3. The number of ether oxygens (including phenoxy) is 1. The second kappa shape index (κ2) is 9.29. The average molecular weight is 426 g/mol. The lowest BCUT2D eigenvalue weighted by Crippen LogP contribution is -2.42. The summed E-state index contributed by atoms with van der Waals surface area (Å²) in [5.74, 6) is -0.815. The van der Waals surface area contributed by atoms with Crippen molar-refractivity contribution in [3.8, 4) is 11.3 Å². The summed E-state index contributed by atoms with van der Waals surface area (Å²) in [5.41, 5.74) is 0.527. The van der Waals surface area contributed by atoms with E-state index < -0.39 is 11.4 Å². The van der Waals surface area contributed by atoms with Gasteiger partial charge in [0, 0.05) is 24.8 Å². The second-order valence-corrected chi connectivity index (χ2v) is 8.82. The summed E-state index contributed by atoms with van der Waals surface area (Å²) < 4.78 is 20.8. The zero-order valence-corrected chi connectivity index (χ0v) is 18.1. The Morgan fingerprint density at radius 3 is 2.77 bits per heavy atom. The molecule has 0 radical (unpaired) electrons. The number of hydrogen-bond donors (Lipinski definition) is 0. The van der Waals surface area contributed by atoms with Crippen molar-refractivity contribution in [3.63, 3.8) is 0 Å². The third kappa shape index (κ3) is 6.14. The van der Waals surface area contributed by atoms with Crippen molar-refractivity contribution in [1.29, 1.82) is 0 Å². The Labute approximate surface area is 181 Å². The molecule has 2 heterocycles. The van der Waals surface area contributed by atoms with Gasteiger partial charge in [-0.05, 0) is 51.7 Å². The van der Waals surface area contributed by atoms with Crippen LogP contribution in [0.5, 0.6) is 0 Å². The fraction of sp³-hybridized carbons (Fsp3) is 0.478. The van der Waals surface area contributed by atoms with Gasteiger partial charge in [-0.15, -0.1) is 0 Å². The van der Waals surface area contributed by atoms with Crippen molar-refractivity contribution >= 4 is 17.6 Å². The van der Waals surface area contributed by atoms with E-state index in [0.717, 1.165) is 12.8 Å². The van der Waals surface area contributed by atoms with Gasteiger partial charge in [0.05, 0.1) is 18.7 Å². The van der Waals surface area contributed by atoms with Crippen molar-refractivity contribution in [2.24, 2.45) is 5.92 Å². The molecule has 0 aliphatic carbocycles. The molecule has 164 valence electrons. The van der Waals surface area contributed by atoms with Crippen LogP contribution in [0.2, 0.25) is 0 Å². The molecule has 1 aliphatic heterocycles. The molecule has 1 aliphatic rings. The molecular weight excluding hydrogens is 399 g/mol. The van der Waals surface area contributed by atoms with E-state index in [0.29, 0.717) is 30.8 Å². The average Bonchev–Trinajstić information content (AvgIpc) is 3.15. The lowest BCUT2D eigenvalue weighted by molar-refractivity contribution is -0.157. The Hall–Kier alpha value is -3.21. The quantitative estimate of drug-likeness (QED) is 0.531. The van der Waals surface area contributed by atoms with Crippen molar-refractivity contribution in [2.45, 2.75) is 52.2 Å². The number of nitrogens with zero attached hydrogens (tertiary/aromatic N) is 4. The minimum atomic E-state index is -0.595. The van der Waals surface area contributed by atoms with E-state index >= 15 is 0 Å². The minimum Gasteiger partial charge on any atom is -0.460 e. The first-order valence-corrected chi connectivity index (χ1v) is 10.3. The Morgan fingerprint density at radius 2 is 2.10 bits per heavy atom. The number of rotatable bonds is 5. The van der Waals surface area contributed by atoms with Crippen molar-refractivity contribution in [3.05, 3.63) is 47.7 Å². The van der Waals surface area contributed by atoms with Gasteiger partial charge in [-0.1, -0.05) is 12.1 Å². The normalized spacial score (nSPS) is 16.6. The van der Waals surface area contributed by atoms with E-state index in [9.17, 15) is 14.0 Å². The van der Waals surface area contributed by atoms with Crippen molar-refractivity contribution in [1.82, 2.24) is 14.7 Å². The highest BCUT2D eigenvalue weighted by atomic mass is 19.1. The van der Waals surface area contributed by atoms with Gasteiger partial charge in [-0.3, -0.25) is 14.3 Å². The maximum atomic E-state index is 13.9. The predicted octanol–water partition coefficient (Wildman–Crippen LogP) is 4.21. The number of hydrogen-bond acceptors (Lipinski definition) is 4. The van der Waals surface area contributed by atoms with Crippen LogP contribution in [-0.4, -0.2) is 45.2 Å². The van der Waals surface area contributed by atoms with Gasteiger partial charge >= 0.3 is 5.97 Å². The molecule has 0 N–H and O–H groups in total. The standard InChI is InChI=1S/C23H27FN4O3/c1-23(2,3)31-22(30)12-16-6-5-10-27(14-16)21(29)15-28-11-9-19(26-28)17-7-8-20(25-4)18(24)13-17/h7-9,11,13,16H,5-6,10,12,14-15H2,1-3H3/t16-/m0/s1. The molecule has 1 fully saturated rings. The number of piperidine rings is 1. The zero-order valence-electron chi connectivity index (χ0n) is 18.1. The first kappa shape index (κ1) is 22.5. The number of halogens is 1. The van der Waals surface area contributed by atoms with Crippen LogP contribution in [0.15, 0.2) is 30.5 Å². The second-order valence-electron chi connectivity index (χ2n) is 8.82. The van der Waals surface area contributed by atoms with Crippen LogP contribution in [-0.2, 0) is 20.9 Å². The van der Waals surface area contributed by atoms with Crippen LogP contribution < -0.4 is 0 Å². The number of carbonyl (C=O) groups excluding carboxylic acids is 2. The SMILES string of the molecule is [C-]#[N+]c1ccc(-c2ccn(CC(=O)N3CCC[C@@H](CC(=O)OC(C)(C)C)C3)n2)cc1F. The van der Waals surface area contributed by atoms with E-state index in [4.69, 9.17) is 11.3 Å². The summed E-state index contributed by atoms with van der Waals surface area (Å²) in [6, 6.07) is 6.03. The summed E-state index contributed by atoms with van der Waals surface area (Å²) in [5, 5.41) is 4.37. The number of esters is 1. The van der Waals surface area contributed by atoms with Gasteiger partial charge in [0.25, 0.3) is 0 Å². The molecule has 1 saturated heterocycles. The lowest BCUT2D eigenvalue weighted by Gasteiger charge is -2.33. The molecule has 7 nitrogen and oxygen atoms in total. The molecule has 1 aromatic heterocycles. The summed E-state index contributed by atoms with van der Waals surface area (Å²) in [7, 11) is 0. The zero-order chi connectivity index (χ0) is 22.6. The van der Waals surface area contributed by atoms with Gasteiger partial charge in [0.2, 0.25) is 11.6 Å². The third-order valence-electron chi connectivity index (χ3n) is 5.05. The summed E-state index contributed by atoms with van der Waals surface area (Å²) in [6.07, 6.45) is 3.71. The number of benzene rings is 1. The Morgan fingerprint density at radius 1 is 1.32 bits per heavy atom. The smallest absolute Gasteiger partial charge is 0.306 e. The number of carbonyl (C=O) groups is 2. The summed E-state index contributed by atoms with van der Waals surface area (Å²) in [6.45, 7) is 13.7. The fourth-order valence-electron chi connectivity index (χ4n) is 3.68. The molecular formula is C23H27FN4O3. The van der Waals surface area contributed by atoms with Crippen molar-refractivity contribution < 1.29 is 18.7 Å². The number of aromatic nitrogens is 2. The maximum absolute atomic E-state index is 13.9. The van der Waals surface area contributed by atoms with Crippen LogP contribution in [0.4, 0.5) is 10.1 Å². The highest BCUT2D eigenvalue weighted by molar-refractivity contribution is 5.76. The molecule has 3 rings (SSSR count). The minimum absolute atomic E-state index is 0.0376. The van der Waals surface area contributed by atoms with Crippen LogP contribution in [0, 0.1) is 18.3 Å². The lowest BCUT2D eigenvalue weighted by atomic mass is 9.94. The Bertz CT molecular complexity index is 1000. The Balaban J connectivity index is 1.58. The first-order chi connectivity index (χ1) is 14.6. The molecule has 0 spiro atoms. The molecule has 1 amide bonds. The number of amides is 1. The Kier molecular flexibility index (Phi) is 6.74. The third-order valence-corrected chi connectivity index (χ3v) is 5.05. The van der Waals surface area contributed by atoms with Crippen LogP contribution in [0.3, 0.4) is 0 Å². The monoisotopic (exact) mass is 426 g/mol. The van der Waals surface area contributed by atoms with E-state index in [1.54, 1.807) is 23.2 Å². The van der Waals surface area contributed by atoms with Crippen LogP contribution >= 0.6 is 0 Å². The predicted molar refractivity (Wildman–Crippen MR) is 114 cm³/mol. The van der Waals surface area contributed by atoms with Gasteiger partial charge in [0.1, 0.15) is 18.0 Å². The molecule has 1 aromatic carbocycles. The van der Waals surface area contributed by atoms with Gasteiger partial charge < -0.3 is 9.64 Å². The maximum Gasteiger partial charge on any atom is 0.306 e. The molecule has 0 saturated carbocycles. The largest absolute Gasteiger partial charge is 0.460 e. The molecule has 8 heteroatoms.